The fraction of sp³-hybridized carbons (Fsp3) is 0.444. The summed E-state index contributed by atoms with van der Waals surface area (Å²) in [4.78, 5) is 21.5. The van der Waals surface area contributed by atoms with Crippen LogP contribution in [0, 0.1) is 20.8 Å². The third-order valence-electron chi connectivity index (χ3n) is 4.56. The first-order valence-electron chi connectivity index (χ1n) is 8.51. The van der Waals surface area contributed by atoms with E-state index in [0.717, 1.165) is 46.1 Å². The highest BCUT2D eigenvalue weighted by Gasteiger charge is 2.23. The van der Waals surface area contributed by atoms with E-state index < -0.39 is 5.91 Å². The molecule has 1 amide bonds. The van der Waals surface area contributed by atoms with Crippen LogP contribution >= 0.6 is 11.3 Å². The van der Waals surface area contributed by atoms with Gasteiger partial charge in [0.1, 0.15) is 5.69 Å². The summed E-state index contributed by atoms with van der Waals surface area (Å²) in [5.41, 5.74) is 11.0. The number of aryl methyl sites for hydroxylation is 3. The van der Waals surface area contributed by atoms with E-state index in [1.165, 1.54) is 16.9 Å². The van der Waals surface area contributed by atoms with Crippen LogP contribution in [0.25, 0.3) is 16.2 Å². The Morgan fingerprint density at radius 1 is 1.20 bits per heavy atom. The van der Waals surface area contributed by atoms with Crippen molar-refractivity contribution >= 4 is 22.9 Å². The highest BCUT2D eigenvalue weighted by molar-refractivity contribution is 7.17. The first kappa shape index (κ1) is 17.5. The molecule has 0 saturated heterocycles. The highest BCUT2D eigenvalue weighted by Crippen LogP contribution is 2.35. The number of fused-ring (bicyclic) bond motifs is 1. The number of imidazole rings is 1. The van der Waals surface area contributed by atoms with Gasteiger partial charge in [-0.2, -0.15) is 5.10 Å². The number of thiazole rings is 1. The summed E-state index contributed by atoms with van der Waals surface area (Å²) in [7, 11) is 0. The average Bonchev–Trinajstić information content (AvgIpc) is 3.08. The molecular weight excluding hydrogens is 334 g/mol. The molecule has 0 aliphatic heterocycles. The number of carbonyl (C=O) groups excluding carboxylic acids is 1. The summed E-state index contributed by atoms with van der Waals surface area (Å²) in [5, 5.41) is 5.01. The van der Waals surface area contributed by atoms with Gasteiger partial charge in [0.25, 0.3) is 5.91 Å². The molecule has 132 valence electrons. The van der Waals surface area contributed by atoms with Crippen LogP contribution < -0.4 is 5.73 Å². The van der Waals surface area contributed by atoms with Gasteiger partial charge < -0.3 is 5.73 Å². The third kappa shape index (κ3) is 2.93. The molecule has 0 radical (unpaired) electrons. The van der Waals surface area contributed by atoms with E-state index in [4.69, 9.17) is 15.8 Å². The second kappa shape index (κ2) is 6.55. The molecule has 3 aromatic rings. The number of hydrogen-bond donors (Lipinski definition) is 1. The minimum atomic E-state index is -0.507. The molecular formula is C18H23N5OS. The van der Waals surface area contributed by atoms with Gasteiger partial charge in [0.05, 0.1) is 22.0 Å². The first-order chi connectivity index (χ1) is 11.9. The zero-order valence-corrected chi connectivity index (χ0v) is 16.1. The summed E-state index contributed by atoms with van der Waals surface area (Å²) in [6.07, 6.45) is 2.12. The van der Waals surface area contributed by atoms with Gasteiger partial charge in [-0.3, -0.25) is 4.79 Å². The van der Waals surface area contributed by atoms with Crippen LogP contribution in [-0.4, -0.2) is 25.5 Å². The molecule has 0 aliphatic rings. The minimum Gasteiger partial charge on any atom is -0.364 e. The van der Waals surface area contributed by atoms with Crippen molar-refractivity contribution in [1.29, 1.82) is 0 Å². The lowest BCUT2D eigenvalue weighted by molar-refractivity contribution is 0.1000. The van der Waals surface area contributed by atoms with Gasteiger partial charge in [0.15, 0.2) is 10.7 Å². The number of nitrogens with zero attached hydrogens (tertiary/aromatic N) is 4. The van der Waals surface area contributed by atoms with Crippen LogP contribution in [0.15, 0.2) is 6.07 Å². The van der Waals surface area contributed by atoms with Crippen LogP contribution in [0.5, 0.6) is 0 Å². The molecule has 7 heteroatoms. The number of amides is 1. The molecule has 0 saturated carbocycles. The molecule has 0 fully saturated rings. The molecule has 0 aliphatic carbocycles. The van der Waals surface area contributed by atoms with Gasteiger partial charge in [0.2, 0.25) is 0 Å². The van der Waals surface area contributed by atoms with E-state index in [2.05, 4.69) is 24.9 Å². The third-order valence-corrected chi connectivity index (χ3v) is 5.74. The number of rotatable bonds is 5. The molecule has 3 heterocycles. The van der Waals surface area contributed by atoms with Crippen molar-refractivity contribution in [2.45, 2.75) is 53.4 Å². The molecule has 2 N–H and O–H groups in total. The Kier molecular flexibility index (Phi) is 4.60. The van der Waals surface area contributed by atoms with Crippen molar-refractivity contribution in [3.63, 3.8) is 0 Å². The number of carbonyl (C=O) groups is 1. The lowest BCUT2D eigenvalue weighted by Gasteiger charge is -2.14. The summed E-state index contributed by atoms with van der Waals surface area (Å²) in [5.74, 6) is -0.0599. The molecule has 6 nitrogen and oxygen atoms in total. The maximum Gasteiger partial charge on any atom is 0.277 e. The van der Waals surface area contributed by atoms with Gasteiger partial charge in [0, 0.05) is 5.56 Å². The van der Waals surface area contributed by atoms with Crippen molar-refractivity contribution in [2.75, 3.05) is 0 Å². The van der Waals surface area contributed by atoms with Crippen molar-refractivity contribution in [3.05, 3.63) is 33.7 Å². The first-order valence-corrected chi connectivity index (χ1v) is 9.33. The second-order valence-corrected chi connectivity index (χ2v) is 7.33. The Bertz CT molecular complexity index is 952. The Morgan fingerprint density at radius 2 is 1.88 bits per heavy atom. The molecule has 3 rings (SSSR count). The van der Waals surface area contributed by atoms with Crippen LogP contribution in [0.3, 0.4) is 0 Å². The lowest BCUT2D eigenvalue weighted by Crippen LogP contribution is -2.10. The summed E-state index contributed by atoms with van der Waals surface area (Å²) in [6.45, 7) is 10.2. The van der Waals surface area contributed by atoms with Crippen molar-refractivity contribution in [3.8, 4) is 10.6 Å². The molecule has 0 atom stereocenters. The van der Waals surface area contributed by atoms with Crippen molar-refractivity contribution in [1.82, 2.24) is 19.6 Å². The molecule has 25 heavy (non-hydrogen) atoms. The highest BCUT2D eigenvalue weighted by atomic mass is 32.1. The average molecular weight is 357 g/mol. The molecule has 3 aromatic heterocycles. The van der Waals surface area contributed by atoms with Gasteiger partial charge in [-0.15, -0.1) is 11.3 Å². The van der Waals surface area contributed by atoms with Crippen LogP contribution in [-0.2, 0) is 0 Å². The predicted molar refractivity (Wildman–Crippen MR) is 100 cm³/mol. The molecule has 0 bridgehead atoms. The predicted octanol–water partition coefficient (Wildman–Crippen LogP) is 3.78. The Labute approximate surface area is 151 Å². The van der Waals surface area contributed by atoms with Gasteiger partial charge in [-0.25, -0.2) is 14.5 Å². The van der Waals surface area contributed by atoms with Crippen molar-refractivity contribution < 1.29 is 4.79 Å². The van der Waals surface area contributed by atoms with Crippen LogP contribution in [0.4, 0.5) is 0 Å². The zero-order chi connectivity index (χ0) is 18.3. The Hall–Kier alpha value is -2.28. The van der Waals surface area contributed by atoms with Crippen LogP contribution in [0.2, 0.25) is 0 Å². The summed E-state index contributed by atoms with van der Waals surface area (Å²) < 4.78 is 1.91. The van der Waals surface area contributed by atoms with Gasteiger partial charge in [-0.05, 0) is 45.6 Å². The van der Waals surface area contributed by atoms with Crippen molar-refractivity contribution in [2.24, 2.45) is 5.73 Å². The smallest absolute Gasteiger partial charge is 0.277 e. The number of aromatic nitrogens is 4. The fourth-order valence-electron chi connectivity index (χ4n) is 3.29. The van der Waals surface area contributed by atoms with E-state index in [1.807, 2.05) is 25.3 Å². The zero-order valence-electron chi connectivity index (χ0n) is 15.3. The van der Waals surface area contributed by atoms with E-state index in [1.54, 1.807) is 0 Å². The minimum absolute atomic E-state index is 0.315. The molecule has 0 spiro atoms. The lowest BCUT2D eigenvalue weighted by atomic mass is 9.95. The van der Waals surface area contributed by atoms with E-state index in [0.29, 0.717) is 10.9 Å². The normalized spacial score (nSPS) is 11.6. The monoisotopic (exact) mass is 357 g/mol. The molecule has 0 aromatic carbocycles. The van der Waals surface area contributed by atoms with E-state index >= 15 is 0 Å². The number of hydrogen-bond acceptors (Lipinski definition) is 5. The van der Waals surface area contributed by atoms with Gasteiger partial charge in [-0.1, -0.05) is 13.8 Å². The Morgan fingerprint density at radius 3 is 2.44 bits per heavy atom. The maximum atomic E-state index is 11.5. The largest absolute Gasteiger partial charge is 0.364 e. The molecule has 0 unspecified atom stereocenters. The van der Waals surface area contributed by atoms with Crippen LogP contribution in [0.1, 0.15) is 65.1 Å². The SMILES string of the molecule is CCC(CC)c1cc(C)nn2c(-c3sc(C(N)=O)nc3C)c(C)nc12. The quantitative estimate of drug-likeness (QED) is 0.753. The van der Waals surface area contributed by atoms with Gasteiger partial charge >= 0.3 is 0 Å². The Balaban J connectivity index is 2.31. The summed E-state index contributed by atoms with van der Waals surface area (Å²) in [6, 6.07) is 2.14. The number of primary amides is 1. The topological polar surface area (TPSA) is 86.2 Å². The maximum absolute atomic E-state index is 11.5. The summed E-state index contributed by atoms with van der Waals surface area (Å²) >= 11 is 1.30. The van der Waals surface area contributed by atoms with E-state index in [9.17, 15) is 4.79 Å². The standard InChI is InChI=1S/C18H23N5OS/c1-6-12(7-2)13-8-9(3)22-23-14(10(4)20-17(13)23)15-11(5)21-18(25-15)16(19)24/h8,12H,6-7H2,1-5H3,(H2,19,24). The fourth-order valence-corrected chi connectivity index (χ4v) is 4.29. The second-order valence-electron chi connectivity index (χ2n) is 6.33. The van der Waals surface area contributed by atoms with E-state index in [-0.39, 0.29) is 0 Å². The number of nitrogens with two attached hydrogens (primary N) is 1.